The molecule has 10 heteroatoms. The first kappa shape index (κ1) is 22.2. The second kappa shape index (κ2) is 9.87. The van der Waals surface area contributed by atoms with Crippen molar-refractivity contribution in [3.8, 4) is 17.2 Å². The van der Waals surface area contributed by atoms with Gasteiger partial charge in [-0.25, -0.2) is 0 Å². The van der Waals surface area contributed by atoms with Gasteiger partial charge in [0.15, 0.2) is 17.3 Å². The number of carbonyl (C=O) groups excluding carboxylic acids is 1. The maximum atomic E-state index is 12.6. The maximum Gasteiger partial charge on any atom is 0.387 e. The van der Waals surface area contributed by atoms with Crippen LogP contribution in [0.3, 0.4) is 0 Å². The Labute approximate surface area is 164 Å². The van der Waals surface area contributed by atoms with E-state index < -0.39 is 29.7 Å². The smallest absolute Gasteiger partial charge is 0.387 e. The molecule has 1 N–H and O–H groups in total. The molecule has 0 aliphatic rings. The van der Waals surface area contributed by atoms with Crippen molar-refractivity contribution in [1.82, 2.24) is 0 Å². The molecule has 158 valence electrons. The monoisotopic (exact) mass is 414 g/mol. The van der Waals surface area contributed by atoms with Gasteiger partial charge >= 0.3 is 12.6 Å². The molecule has 1 atom stereocenters. The van der Waals surface area contributed by atoms with Gasteiger partial charge < -0.3 is 28.5 Å². The summed E-state index contributed by atoms with van der Waals surface area (Å²) in [4.78, 5) is 24.1. The first-order valence-corrected chi connectivity index (χ1v) is 8.35. The Balaban J connectivity index is 2.60. The topological polar surface area (TPSA) is 104 Å². The van der Waals surface area contributed by atoms with Gasteiger partial charge in [0.05, 0.1) is 26.6 Å². The molecule has 0 aliphatic heterocycles. The molecule has 1 unspecified atom stereocenters. The van der Waals surface area contributed by atoms with E-state index in [1.165, 1.54) is 39.5 Å². The fourth-order valence-corrected chi connectivity index (χ4v) is 2.71. The Kier molecular flexibility index (Phi) is 7.54. The molecular weight excluding hydrogens is 394 g/mol. The van der Waals surface area contributed by atoms with Crippen LogP contribution in [0.2, 0.25) is 0 Å². The van der Waals surface area contributed by atoms with Crippen molar-refractivity contribution in [3.63, 3.8) is 0 Å². The largest absolute Gasteiger partial charge is 0.502 e. The van der Waals surface area contributed by atoms with Crippen LogP contribution < -0.4 is 14.9 Å². The summed E-state index contributed by atoms with van der Waals surface area (Å²) < 4.78 is 49.8. The Bertz CT molecular complexity index is 910. The van der Waals surface area contributed by atoms with Crippen LogP contribution in [0.4, 0.5) is 8.78 Å². The summed E-state index contributed by atoms with van der Waals surface area (Å²) in [5.41, 5.74) is -0.389. The molecule has 8 nitrogen and oxygen atoms in total. The lowest BCUT2D eigenvalue weighted by molar-refractivity contribution is -0.140. The molecule has 1 aromatic carbocycles. The third kappa shape index (κ3) is 5.44. The van der Waals surface area contributed by atoms with E-state index in [-0.39, 0.29) is 36.0 Å². The first-order valence-electron chi connectivity index (χ1n) is 8.35. The van der Waals surface area contributed by atoms with Gasteiger partial charge in [-0.2, -0.15) is 8.78 Å². The summed E-state index contributed by atoms with van der Waals surface area (Å²) in [6, 6.07) is 5.01. The highest BCUT2D eigenvalue weighted by molar-refractivity contribution is 5.71. The summed E-state index contributed by atoms with van der Waals surface area (Å²) in [5, 5.41) is 10.3. The SMILES string of the molecule is COCc1cc(=O)c(O)c(C(CC(=O)OC)c2ccc(OC(F)F)c(OC)c2)o1. The number of benzene rings is 1. The number of carbonyl (C=O) groups is 1. The molecule has 0 fully saturated rings. The highest BCUT2D eigenvalue weighted by Gasteiger charge is 2.28. The Morgan fingerprint density at radius 1 is 1.17 bits per heavy atom. The third-order valence-electron chi connectivity index (χ3n) is 4.01. The second-order valence-corrected chi connectivity index (χ2v) is 5.84. The van der Waals surface area contributed by atoms with Gasteiger partial charge in [-0.1, -0.05) is 6.07 Å². The maximum absolute atomic E-state index is 12.6. The molecule has 2 aromatic rings. The minimum atomic E-state index is -3.06. The molecule has 0 aliphatic carbocycles. The lowest BCUT2D eigenvalue weighted by atomic mass is 9.92. The van der Waals surface area contributed by atoms with Gasteiger partial charge in [0.2, 0.25) is 11.2 Å². The number of ether oxygens (including phenoxy) is 4. The van der Waals surface area contributed by atoms with Crippen LogP contribution in [-0.2, 0) is 20.9 Å². The molecule has 0 saturated carbocycles. The molecule has 0 saturated heterocycles. The summed E-state index contributed by atoms with van der Waals surface area (Å²) in [6.07, 6.45) is -0.304. The van der Waals surface area contributed by atoms with Crippen molar-refractivity contribution in [1.29, 1.82) is 0 Å². The Hall–Kier alpha value is -3.14. The molecule has 0 amide bonds. The zero-order valence-electron chi connectivity index (χ0n) is 15.9. The fraction of sp³-hybridized carbons (Fsp3) is 0.368. The highest BCUT2D eigenvalue weighted by atomic mass is 19.3. The molecular formula is C19H20F2O8. The zero-order valence-corrected chi connectivity index (χ0v) is 15.9. The van der Waals surface area contributed by atoms with Gasteiger partial charge in [-0.15, -0.1) is 0 Å². The molecule has 0 radical (unpaired) electrons. The van der Waals surface area contributed by atoms with Crippen LogP contribution in [-0.4, -0.2) is 39.0 Å². The van der Waals surface area contributed by atoms with Crippen molar-refractivity contribution in [2.75, 3.05) is 21.3 Å². The van der Waals surface area contributed by atoms with E-state index in [0.717, 1.165) is 6.07 Å². The van der Waals surface area contributed by atoms with Crippen molar-refractivity contribution in [2.24, 2.45) is 0 Å². The van der Waals surface area contributed by atoms with Crippen molar-refractivity contribution >= 4 is 5.97 Å². The molecule has 29 heavy (non-hydrogen) atoms. The number of methoxy groups -OCH3 is 3. The quantitative estimate of drug-likeness (QED) is 0.625. The van der Waals surface area contributed by atoms with Crippen LogP contribution in [0.5, 0.6) is 17.2 Å². The van der Waals surface area contributed by atoms with Crippen LogP contribution in [0.15, 0.2) is 33.5 Å². The average Bonchev–Trinajstić information content (AvgIpc) is 2.69. The van der Waals surface area contributed by atoms with Crippen molar-refractivity contribution < 1.29 is 42.0 Å². The Morgan fingerprint density at radius 2 is 1.90 bits per heavy atom. The van der Waals surface area contributed by atoms with Crippen molar-refractivity contribution in [2.45, 2.75) is 25.6 Å². The normalized spacial score (nSPS) is 11.9. The minimum absolute atomic E-state index is 0.0347. The fourth-order valence-electron chi connectivity index (χ4n) is 2.71. The van der Waals surface area contributed by atoms with E-state index in [1.54, 1.807) is 0 Å². The van der Waals surface area contributed by atoms with Crippen LogP contribution in [0, 0.1) is 0 Å². The third-order valence-corrected chi connectivity index (χ3v) is 4.01. The predicted octanol–water partition coefficient (Wildman–Crippen LogP) is 2.80. The molecule has 0 bridgehead atoms. The van der Waals surface area contributed by atoms with Gasteiger partial charge in [0.1, 0.15) is 12.4 Å². The molecule has 1 aromatic heterocycles. The number of alkyl halides is 2. The second-order valence-electron chi connectivity index (χ2n) is 5.84. The number of hydrogen-bond acceptors (Lipinski definition) is 8. The number of hydrogen-bond donors (Lipinski definition) is 1. The summed E-state index contributed by atoms with van der Waals surface area (Å²) >= 11 is 0. The number of rotatable bonds is 9. The zero-order chi connectivity index (χ0) is 21.6. The molecule has 1 heterocycles. The van der Waals surface area contributed by atoms with E-state index in [2.05, 4.69) is 9.47 Å². The van der Waals surface area contributed by atoms with Crippen LogP contribution >= 0.6 is 0 Å². The average molecular weight is 414 g/mol. The summed E-state index contributed by atoms with van der Waals surface area (Å²) in [5.74, 6) is -2.63. The van der Waals surface area contributed by atoms with Gasteiger partial charge in [0.25, 0.3) is 0 Å². The van der Waals surface area contributed by atoms with E-state index in [1.807, 2.05) is 0 Å². The van der Waals surface area contributed by atoms with Gasteiger partial charge in [-0.05, 0) is 17.7 Å². The number of aromatic hydroxyl groups is 1. The summed E-state index contributed by atoms with van der Waals surface area (Å²) in [6.45, 7) is -3.11. The van der Waals surface area contributed by atoms with Crippen LogP contribution in [0.1, 0.15) is 29.4 Å². The lowest BCUT2D eigenvalue weighted by Crippen LogP contribution is -2.14. The molecule has 0 spiro atoms. The number of esters is 1. The van der Waals surface area contributed by atoms with Gasteiger partial charge in [-0.3, -0.25) is 9.59 Å². The first-order chi connectivity index (χ1) is 13.8. The van der Waals surface area contributed by atoms with Crippen molar-refractivity contribution in [3.05, 3.63) is 51.6 Å². The van der Waals surface area contributed by atoms with E-state index in [4.69, 9.17) is 13.9 Å². The highest BCUT2D eigenvalue weighted by Crippen LogP contribution is 2.38. The molecule has 2 rings (SSSR count). The van der Waals surface area contributed by atoms with E-state index in [9.17, 15) is 23.5 Å². The summed E-state index contributed by atoms with van der Waals surface area (Å²) in [7, 11) is 3.82. The Morgan fingerprint density at radius 3 is 2.48 bits per heavy atom. The van der Waals surface area contributed by atoms with Gasteiger partial charge in [0, 0.05) is 13.2 Å². The van der Waals surface area contributed by atoms with Crippen LogP contribution in [0.25, 0.3) is 0 Å². The number of halogens is 2. The predicted molar refractivity (Wildman–Crippen MR) is 95.5 cm³/mol. The van der Waals surface area contributed by atoms with E-state index in [0.29, 0.717) is 5.56 Å². The standard InChI is InChI=1S/C19H20F2O8/c1-25-9-11-7-13(22)17(24)18(28-11)12(8-16(23)27-3)10-4-5-14(29-19(20)21)15(6-10)26-2/h4-7,12,19,24H,8-9H2,1-3H3. The minimum Gasteiger partial charge on any atom is -0.502 e. The lowest BCUT2D eigenvalue weighted by Gasteiger charge is -2.19. The van der Waals surface area contributed by atoms with E-state index >= 15 is 0 Å².